The van der Waals surface area contributed by atoms with E-state index in [9.17, 15) is 13.6 Å². The molecule has 5 nitrogen and oxygen atoms in total. The lowest BCUT2D eigenvalue weighted by Gasteiger charge is -2.21. The average Bonchev–Trinajstić information content (AvgIpc) is 2.73. The van der Waals surface area contributed by atoms with Gasteiger partial charge in [-0.2, -0.15) is 0 Å². The van der Waals surface area contributed by atoms with Crippen LogP contribution in [0.25, 0.3) is 0 Å². The van der Waals surface area contributed by atoms with E-state index in [0.717, 1.165) is 42.3 Å². The van der Waals surface area contributed by atoms with Crippen molar-refractivity contribution in [2.24, 2.45) is 0 Å². The molecule has 0 unspecified atom stereocenters. The van der Waals surface area contributed by atoms with Gasteiger partial charge in [-0.15, -0.1) is 0 Å². The summed E-state index contributed by atoms with van der Waals surface area (Å²) in [7, 11) is 0. The summed E-state index contributed by atoms with van der Waals surface area (Å²) in [5, 5.41) is 5.72. The summed E-state index contributed by atoms with van der Waals surface area (Å²) in [6.45, 7) is 6.12. The molecule has 1 amide bonds. The van der Waals surface area contributed by atoms with Gasteiger partial charge < -0.3 is 15.5 Å². The zero-order valence-electron chi connectivity index (χ0n) is 16.2. The van der Waals surface area contributed by atoms with Crippen LogP contribution >= 0.6 is 0 Å². The fourth-order valence-corrected chi connectivity index (χ4v) is 2.88. The number of amides is 1. The first kappa shape index (κ1) is 20.3. The van der Waals surface area contributed by atoms with Crippen LogP contribution in [0.1, 0.15) is 24.3 Å². The number of rotatable bonds is 7. The average molecular weight is 396 g/mol. The molecule has 0 aliphatic carbocycles. The number of anilines is 4. The molecule has 2 N–H and O–H groups in total. The van der Waals surface area contributed by atoms with Crippen molar-refractivity contribution in [1.29, 1.82) is 0 Å². The van der Waals surface area contributed by atoms with E-state index in [-0.39, 0.29) is 11.4 Å². The summed E-state index contributed by atoms with van der Waals surface area (Å²) in [6.07, 6.45) is 1.54. The second kappa shape index (κ2) is 9.14. The molecule has 2 aromatic carbocycles. The van der Waals surface area contributed by atoms with Gasteiger partial charge >= 0.3 is 0 Å². The summed E-state index contributed by atoms with van der Waals surface area (Å²) in [6, 6.07) is 14.5. The topological polar surface area (TPSA) is 57.3 Å². The molecule has 7 heteroatoms. The monoisotopic (exact) mass is 396 g/mol. The molecule has 0 fully saturated rings. The lowest BCUT2D eigenvalue weighted by Crippen LogP contribution is -2.21. The van der Waals surface area contributed by atoms with Crippen molar-refractivity contribution in [3.63, 3.8) is 0 Å². The number of benzene rings is 2. The smallest absolute Gasteiger partial charge is 0.274 e. The van der Waals surface area contributed by atoms with Crippen molar-refractivity contribution in [3.8, 4) is 0 Å². The molecule has 1 aromatic heterocycles. The maximum atomic E-state index is 13.2. The molecular weight excluding hydrogens is 374 g/mol. The van der Waals surface area contributed by atoms with Gasteiger partial charge in [-0.05, 0) is 62.4 Å². The van der Waals surface area contributed by atoms with Gasteiger partial charge in [-0.3, -0.25) is 4.79 Å². The fourth-order valence-electron chi connectivity index (χ4n) is 2.88. The molecule has 150 valence electrons. The van der Waals surface area contributed by atoms with Gasteiger partial charge in [0.05, 0.1) is 11.9 Å². The Morgan fingerprint density at radius 2 is 1.55 bits per heavy atom. The Kier molecular flexibility index (Phi) is 6.39. The van der Waals surface area contributed by atoms with E-state index in [2.05, 4.69) is 34.4 Å². The van der Waals surface area contributed by atoms with Gasteiger partial charge in [-0.25, -0.2) is 13.8 Å². The maximum Gasteiger partial charge on any atom is 0.274 e. The molecule has 0 spiro atoms. The number of hydrogen-bond acceptors (Lipinski definition) is 4. The van der Waals surface area contributed by atoms with Crippen molar-refractivity contribution in [2.45, 2.75) is 13.8 Å². The molecule has 0 saturated carbocycles. The Balaban J connectivity index is 1.63. The molecule has 29 heavy (non-hydrogen) atoms. The number of hydrogen-bond donors (Lipinski definition) is 2. The summed E-state index contributed by atoms with van der Waals surface area (Å²) in [4.78, 5) is 18.6. The third-order valence-electron chi connectivity index (χ3n) is 4.46. The number of pyridine rings is 1. The van der Waals surface area contributed by atoms with E-state index in [1.165, 1.54) is 6.07 Å². The molecule has 0 aliphatic heterocycles. The minimum Gasteiger partial charge on any atom is -0.372 e. The summed E-state index contributed by atoms with van der Waals surface area (Å²) >= 11 is 0. The van der Waals surface area contributed by atoms with Crippen LogP contribution in [0.4, 0.5) is 31.5 Å². The molecular formula is C22H22F2N4O. The number of carbonyl (C=O) groups is 1. The highest BCUT2D eigenvalue weighted by Crippen LogP contribution is 2.21. The Morgan fingerprint density at radius 1 is 0.897 bits per heavy atom. The predicted molar refractivity (Wildman–Crippen MR) is 112 cm³/mol. The van der Waals surface area contributed by atoms with E-state index in [1.807, 2.05) is 24.3 Å². The standard InChI is InChI=1S/C22H22F2N4O/c1-3-28(4-2)18-9-5-15(6-10-18)26-17-8-12-21(25-14-17)22(29)27-16-7-11-19(23)20(24)13-16/h5-14,26H,3-4H2,1-2H3,(H,27,29). The highest BCUT2D eigenvalue weighted by Gasteiger charge is 2.10. The van der Waals surface area contributed by atoms with Gasteiger partial charge in [0.1, 0.15) is 5.69 Å². The molecule has 0 atom stereocenters. The van der Waals surface area contributed by atoms with Crippen molar-refractivity contribution in [2.75, 3.05) is 28.6 Å². The summed E-state index contributed by atoms with van der Waals surface area (Å²) in [5.74, 6) is -2.50. The van der Waals surface area contributed by atoms with E-state index in [1.54, 1.807) is 18.3 Å². The van der Waals surface area contributed by atoms with Crippen LogP contribution in [-0.4, -0.2) is 24.0 Å². The zero-order valence-corrected chi connectivity index (χ0v) is 16.2. The number of aromatic nitrogens is 1. The van der Waals surface area contributed by atoms with E-state index < -0.39 is 17.5 Å². The van der Waals surface area contributed by atoms with Crippen LogP contribution in [0, 0.1) is 11.6 Å². The number of halogens is 2. The maximum absolute atomic E-state index is 13.2. The number of carbonyl (C=O) groups excluding carboxylic acids is 1. The molecule has 0 aliphatic rings. The number of nitrogens with zero attached hydrogens (tertiary/aromatic N) is 2. The van der Waals surface area contributed by atoms with Crippen molar-refractivity contribution in [3.05, 3.63) is 78.1 Å². The van der Waals surface area contributed by atoms with Crippen LogP contribution < -0.4 is 15.5 Å². The molecule has 0 saturated heterocycles. The largest absolute Gasteiger partial charge is 0.372 e. The highest BCUT2D eigenvalue weighted by molar-refractivity contribution is 6.02. The first-order valence-corrected chi connectivity index (χ1v) is 9.34. The van der Waals surface area contributed by atoms with Crippen LogP contribution in [0.3, 0.4) is 0 Å². The van der Waals surface area contributed by atoms with Crippen LogP contribution in [0.2, 0.25) is 0 Å². The van der Waals surface area contributed by atoms with Crippen LogP contribution in [-0.2, 0) is 0 Å². The summed E-state index contributed by atoms with van der Waals surface area (Å²) in [5.41, 5.74) is 3.11. The van der Waals surface area contributed by atoms with E-state index >= 15 is 0 Å². The first-order chi connectivity index (χ1) is 14.0. The first-order valence-electron chi connectivity index (χ1n) is 9.34. The second-order valence-electron chi connectivity index (χ2n) is 6.36. The normalized spacial score (nSPS) is 10.5. The quantitative estimate of drug-likeness (QED) is 0.576. The Labute approximate surface area is 168 Å². The predicted octanol–water partition coefficient (Wildman–Crippen LogP) is 5.20. The molecule has 3 rings (SSSR count). The van der Waals surface area contributed by atoms with Crippen molar-refractivity contribution in [1.82, 2.24) is 4.98 Å². The van der Waals surface area contributed by atoms with Gasteiger partial charge in [0.15, 0.2) is 11.6 Å². The SMILES string of the molecule is CCN(CC)c1ccc(Nc2ccc(C(=O)Nc3ccc(F)c(F)c3)nc2)cc1. The van der Waals surface area contributed by atoms with E-state index in [0.29, 0.717) is 0 Å². The lowest BCUT2D eigenvalue weighted by atomic mass is 10.2. The van der Waals surface area contributed by atoms with Crippen molar-refractivity contribution >= 4 is 28.7 Å². The number of nitrogens with one attached hydrogen (secondary N) is 2. The highest BCUT2D eigenvalue weighted by atomic mass is 19.2. The molecule has 3 aromatic rings. The van der Waals surface area contributed by atoms with Gasteiger partial charge in [0, 0.05) is 36.2 Å². The minimum atomic E-state index is -1.03. The van der Waals surface area contributed by atoms with Crippen LogP contribution in [0.5, 0.6) is 0 Å². The Bertz CT molecular complexity index is 971. The zero-order chi connectivity index (χ0) is 20.8. The van der Waals surface area contributed by atoms with Gasteiger partial charge in [-0.1, -0.05) is 0 Å². The second-order valence-corrected chi connectivity index (χ2v) is 6.36. The Morgan fingerprint density at radius 3 is 2.14 bits per heavy atom. The third kappa shape index (κ3) is 5.07. The molecule has 1 heterocycles. The van der Waals surface area contributed by atoms with Gasteiger partial charge in [0.25, 0.3) is 5.91 Å². The van der Waals surface area contributed by atoms with E-state index in [4.69, 9.17) is 0 Å². The minimum absolute atomic E-state index is 0.159. The fraction of sp³-hybridized carbons (Fsp3) is 0.182. The summed E-state index contributed by atoms with van der Waals surface area (Å²) < 4.78 is 26.2. The Hall–Kier alpha value is -3.48. The van der Waals surface area contributed by atoms with Gasteiger partial charge in [0.2, 0.25) is 0 Å². The van der Waals surface area contributed by atoms with Crippen molar-refractivity contribution < 1.29 is 13.6 Å². The molecule has 0 bridgehead atoms. The third-order valence-corrected chi connectivity index (χ3v) is 4.46. The van der Waals surface area contributed by atoms with Crippen LogP contribution in [0.15, 0.2) is 60.8 Å². The lowest BCUT2D eigenvalue weighted by molar-refractivity contribution is 0.102. The molecule has 0 radical (unpaired) electrons.